The molecule has 0 fully saturated rings. The second kappa shape index (κ2) is 4.97. The first-order chi connectivity index (χ1) is 7.65. The third kappa shape index (κ3) is 2.82. The Hall–Kier alpha value is -0.880. The maximum Gasteiger partial charge on any atom is 0.253 e. The molecule has 2 rings (SSSR count). The van der Waals surface area contributed by atoms with Crippen LogP contribution in [0.25, 0.3) is 0 Å². The summed E-state index contributed by atoms with van der Waals surface area (Å²) < 4.78 is 12.6. The molecule has 0 spiro atoms. The number of hydrogen-bond donors (Lipinski definition) is 0. The molecule has 0 amide bonds. The Bertz CT molecular complexity index is 499. The molecule has 84 valence electrons. The zero-order chi connectivity index (χ0) is 11.5. The van der Waals surface area contributed by atoms with Crippen molar-refractivity contribution in [3.8, 4) is 5.75 Å². The van der Waals surface area contributed by atoms with Gasteiger partial charge >= 0.3 is 0 Å². The Kier molecular flexibility index (Phi) is 3.60. The fourth-order valence-electron chi connectivity index (χ4n) is 1.13. The van der Waals surface area contributed by atoms with Crippen LogP contribution in [-0.4, -0.2) is 10.2 Å². The highest BCUT2D eigenvalue weighted by molar-refractivity contribution is 9.11. The molecule has 6 heteroatoms. The minimum Gasteiger partial charge on any atom is -0.483 e. The molecule has 2 aromatic rings. The summed E-state index contributed by atoms with van der Waals surface area (Å²) in [6.45, 7) is 2.01. The number of aromatic nitrogens is 2. The Balaban J connectivity index is 2.04. The summed E-state index contributed by atoms with van der Waals surface area (Å²) in [6.07, 6.45) is 0. The van der Waals surface area contributed by atoms with E-state index in [1.54, 1.807) is 6.92 Å². The molecule has 16 heavy (non-hydrogen) atoms. The average Bonchev–Trinajstić information content (AvgIpc) is 2.63. The molecule has 0 saturated carbocycles. The van der Waals surface area contributed by atoms with Gasteiger partial charge in [-0.3, -0.25) is 0 Å². The van der Waals surface area contributed by atoms with Crippen LogP contribution in [0.4, 0.5) is 0 Å². The van der Waals surface area contributed by atoms with E-state index in [4.69, 9.17) is 9.15 Å². The average molecular weight is 348 g/mol. The molecule has 0 atom stereocenters. The first-order valence-corrected chi connectivity index (χ1v) is 6.10. The number of benzene rings is 1. The monoisotopic (exact) mass is 346 g/mol. The highest BCUT2D eigenvalue weighted by Gasteiger charge is 2.06. The van der Waals surface area contributed by atoms with Crippen molar-refractivity contribution in [1.29, 1.82) is 0 Å². The summed E-state index contributed by atoms with van der Waals surface area (Å²) in [5.41, 5.74) is 0. The molecule has 1 aromatic heterocycles. The lowest BCUT2D eigenvalue weighted by atomic mass is 10.3. The number of aryl methyl sites for hydroxylation is 1. The van der Waals surface area contributed by atoms with Crippen LogP contribution in [0, 0.1) is 6.92 Å². The van der Waals surface area contributed by atoms with Gasteiger partial charge in [0.15, 0.2) is 6.61 Å². The van der Waals surface area contributed by atoms with E-state index in [0.717, 1.165) is 14.7 Å². The summed E-state index contributed by atoms with van der Waals surface area (Å²) in [7, 11) is 0. The second-order valence-corrected chi connectivity index (χ2v) is 4.85. The van der Waals surface area contributed by atoms with Gasteiger partial charge in [0.1, 0.15) is 5.75 Å². The fraction of sp³-hybridized carbons (Fsp3) is 0.200. The van der Waals surface area contributed by atoms with Gasteiger partial charge in [0.2, 0.25) is 5.89 Å². The molecule has 0 unspecified atom stereocenters. The maximum atomic E-state index is 5.53. The van der Waals surface area contributed by atoms with E-state index < -0.39 is 0 Å². The normalized spacial score (nSPS) is 10.4. The number of rotatable bonds is 3. The fourth-order valence-corrected chi connectivity index (χ4v) is 2.29. The molecule has 0 aliphatic heterocycles. The summed E-state index contributed by atoms with van der Waals surface area (Å²) in [5.74, 6) is 1.74. The minimum atomic E-state index is 0.265. The zero-order valence-corrected chi connectivity index (χ0v) is 11.6. The van der Waals surface area contributed by atoms with E-state index in [1.165, 1.54) is 0 Å². The van der Waals surface area contributed by atoms with Gasteiger partial charge in [0.25, 0.3) is 5.89 Å². The van der Waals surface area contributed by atoms with Crippen molar-refractivity contribution in [3.05, 3.63) is 38.9 Å². The second-order valence-electron chi connectivity index (χ2n) is 3.08. The van der Waals surface area contributed by atoms with Gasteiger partial charge in [-0.05, 0) is 34.1 Å². The van der Waals surface area contributed by atoms with Crippen LogP contribution in [0.2, 0.25) is 0 Å². The van der Waals surface area contributed by atoms with Crippen molar-refractivity contribution >= 4 is 31.9 Å². The maximum absolute atomic E-state index is 5.53. The van der Waals surface area contributed by atoms with E-state index in [9.17, 15) is 0 Å². The van der Waals surface area contributed by atoms with Crippen molar-refractivity contribution in [1.82, 2.24) is 10.2 Å². The molecule has 1 heterocycles. The van der Waals surface area contributed by atoms with Crippen molar-refractivity contribution in [3.63, 3.8) is 0 Å². The third-order valence-electron chi connectivity index (χ3n) is 1.81. The Morgan fingerprint density at radius 2 is 2.12 bits per heavy atom. The van der Waals surface area contributed by atoms with Gasteiger partial charge in [-0.15, -0.1) is 10.2 Å². The van der Waals surface area contributed by atoms with Gasteiger partial charge in [0.05, 0.1) is 4.47 Å². The standard InChI is InChI=1S/C10H8Br2N2O2/c1-6-13-14-10(16-6)5-15-9-3-2-7(11)4-8(9)12/h2-4H,5H2,1H3. The lowest BCUT2D eigenvalue weighted by Crippen LogP contribution is -1.96. The summed E-state index contributed by atoms with van der Waals surface area (Å²) in [4.78, 5) is 0. The predicted octanol–water partition coefficient (Wildman–Crippen LogP) is 3.48. The molecule has 0 saturated heterocycles. The van der Waals surface area contributed by atoms with Crippen molar-refractivity contribution < 1.29 is 9.15 Å². The van der Waals surface area contributed by atoms with E-state index in [0.29, 0.717) is 11.8 Å². The lowest BCUT2D eigenvalue weighted by Gasteiger charge is -2.05. The third-order valence-corrected chi connectivity index (χ3v) is 2.93. The highest BCUT2D eigenvalue weighted by Crippen LogP contribution is 2.28. The van der Waals surface area contributed by atoms with Gasteiger partial charge in [-0.25, -0.2) is 0 Å². The zero-order valence-electron chi connectivity index (χ0n) is 8.41. The summed E-state index contributed by atoms with van der Waals surface area (Å²) in [6, 6.07) is 5.67. The van der Waals surface area contributed by atoms with Crippen molar-refractivity contribution in [2.45, 2.75) is 13.5 Å². The lowest BCUT2D eigenvalue weighted by molar-refractivity contribution is 0.259. The Labute approximate surface area is 109 Å². The Morgan fingerprint density at radius 3 is 2.75 bits per heavy atom. The predicted molar refractivity (Wildman–Crippen MR) is 65.2 cm³/mol. The molecule has 1 aromatic carbocycles. The van der Waals surface area contributed by atoms with E-state index in [1.807, 2.05) is 18.2 Å². The number of halogens is 2. The van der Waals surface area contributed by atoms with Crippen LogP contribution < -0.4 is 4.74 Å². The largest absolute Gasteiger partial charge is 0.483 e. The van der Waals surface area contributed by atoms with Gasteiger partial charge in [-0.1, -0.05) is 15.9 Å². The van der Waals surface area contributed by atoms with Crippen LogP contribution in [0.3, 0.4) is 0 Å². The topological polar surface area (TPSA) is 48.2 Å². The van der Waals surface area contributed by atoms with Crippen LogP contribution in [0.15, 0.2) is 31.6 Å². The van der Waals surface area contributed by atoms with Crippen molar-refractivity contribution in [2.24, 2.45) is 0 Å². The van der Waals surface area contributed by atoms with Crippen molar-refractivity contribution in [2.75, 3.05) is 0 Å². The molecule has 4 nitrogen and oxygen atoms in total. The summed E-state index contributed by atoms with van der Waals surface area (Å²) >= 11 is 6.77. The van der Waals surface area contributed by atoms with Gasteiger partial charge in [-0.2, -0.15) is 0 Å². The highest BCUT2D eigenvalue weighted by atomic mass is 79.9. The van der Waals surface area contributed by atoms with Crippen LogP contribution in [-0.2, 0) is 6.61 Å². The van der Waals surface area contributed by atoms with Crippen LogP contribution in [0.5, 0.6) is 5.75 Å². The molecular formula is C10H8Br2N2O2. The molecular weight excluding hydrogens is 340 g/mol. The summed E-state index contributed by atoms with van der Waals surface area (Å²) in [5, 5.41) is 7.56. The molecule has 0 N–H and O–H groups in total. The van der Waals surface area contributed by atoms with E-state index in [2.05, 4.69) is 42.1 Å². The van der Waals surface area contributed by atoms with Crippen LogP contribution in [0.1, 0.15) is 11.8 Å². The minimum absolute atomic E-state index is 0.265. The Morgan fingerprint density at radius 1 is 1.31 bits per heavy atom. The molecule has 0 aliphatic carbocycles. The number of ether oxygens (including phenoxy) is 1. The SMILES string of the molecule is Cc1nnc(COc2ccc(Br)cc2Br)o1. The molecule has 0 bridgehead atoms. The molecule has 0 aliphatic rings. The van der Waals surface area contributed by atoms with E-state index in [-0.39, 0.29) is 6.61 Å². The first kappa shape index (κ1) is 11.6. The first-order valence-electron chi connectivity index (χ1n) is 4.52. The smallest absolute Gasteiger partial charge is 0.253 e. The van der Waals surface area contributed by atoms with E-state index >= 15 is 0 Å². The number of nitrogens with zero attached hydrogens (tertiary/aromatic N) is 2. The molecule has 0 radical (unpaired) electrons. The number of hydrogen-bond acceptors (Lipinski definition) is 4. The van der Waals surface area contributed by atoms with Gasteiger partial charge < -0.3 is 9.15 Å². The van der Waals surface area contributed by atoms with Gasteiger partial charge in [0, 0.05) is 11.4 Å². The quantitative estimate of drug-likeness (QED) is 0.852. The van der Waals surface area contributed by atoms with Crippen LogP contribution >= 0.6 is 31.9 Å².